The van der Waals surface area contributed by atoms with Crippen molar-refractivity contribution in [1.29, 1.82) is 0 Å². The number of hydrogen-bond donors (Lipinski definition) is 5. The normalized spacial score (nSPS) is 18.4. The molecule has 0 aliphatic heterocycles. The molecular weight excluding hydrogens is 252 g/mol. The highest BCUT2D eigenvalue weighted by Crippen LogP contribution is 2.13. The van der Waals surface area contributed by atoms with Gasteiger partial charge in [-0.1, -0.05) is 30.3 Å². The van der Waals surface area contributed by atoms with Crippen LogP contribution in [0.4, 0.5) is 0 Å². The Morgan fingerprint density at radius 2 is 1.58 bits per heavy atom. The van der Waals surface area contributed by atoms with Crippen LogP contribution in [-0.2, 0) is 4.79 Å². The fraction of sp³-hybridized carbons (Fsp3) is 0.308. The van der Waals surface area contributed by atoms with Crippen molar-refractivity contribution in [3.8, 4) is 0 Å². The first-order valence-corrected chi connectivity index (χ1v) is 5.60. The monoisotopic (exact) mass is 268 g/mol. The Hall–Kier alpha value is -1.73. The molecule has 6 heteroatoms. The van der Waals surface area contributed by atoms with Gasteiger partial charge >= 0.3 is 0 Å². The van der Waals surface area contributed by atoms with Gasteiger partial charge in [-0.05, 0) is 11.6 Å². The van der Waals surface area contributed by atoms with Gasteiger partial charge in [0, 0.05) is 0 Å². The SMILES string of the molecule is O=C[C@H](O)[C@@H](O)[C@H](O)[C@H](O)C(O)=Cc1ccccc1. The lowest BCUT2D eigenvalue weighted by Crippen LogP contribution is -2.45. The molecule has 0 aliphatic rings. The van der Waals surface area contributed by atoms with Gasteiger partial charge in [0.2, 0.25) is 0 Å². The van der Waals surface area contributed by atoms with E-state index in [0.717, 1.165) is 0 Å². The summed E-state index contributed by atoms with van der Waals surface area (Å²) in [5.74, 6) is -0.587. The van der Waals surface area contributed by atoms with Crippen molar-refractivity contribution in [3.63, 3.8) is 0 Å². The molecule has 1 rings (SSSR count). The summed E-state index contributed by atoms with van der Waals surface area (Å²) < 4.78 is 0. The van der Waals surface area contributed by atoms with E-state index in [4.69, 9.17) is 5.11 Å². The number of hydrogen-bond acceptors (Lipinski definition) is 6. The summed E-state index contributed by atoms with van der Waals surface area (Å²) in [7, 11) is 0. The molecule has 0 fully saturated rings. The smallest absolute Gasteiger partial charge is 0.151 e. The Labute approximate surface area is 109 Å². The van der Waals surface area contributed by atoms with Crippen LogP contribution in [0.3, 0.4) is 0 Å². The molecule has 104 valence electrons. The van der Waals surface area contributed by atoms with Crippen LogP contribution in [0, 0.1) is 0 Å². The summed E-state index contributed by atoms with van der Waals surface area (Å²) in [6.07, 6.45) is -6.20. The summed E-state index contributed by atoms with van der Waals surface area (Å²) in [5, 5.41) is 47.1. The van der Waals surface area contributed by atoms with Crippen molar-refractivity contribution in [2.75, 3.05) is 0 Å². The standard InChI is InChI=1S/C13H16O6/c14-7-10(16)12(18)13(19)11(17)9(15)6-8-4-2-1-3-5-8/h1-7,10-13,15-19H/t10-,11+,12+,13+/m0/s1. The summed E-state index contributed by atoms with van der Waals surface area (Å²) in [6.45, 7) is 0. The van der Waals surface area contributed by atoms with Crippen LogP contribution in [0.2, 0.25) is 0 Å². The third-order valence-corrected chi connectivity index (χ3v) is 2.58. The molecule has 0 aliphatic carbocycles. The molecule has 5 N–H and O–H groups in total. The molecule has 19 heavy (non-hydrogen) atoms. The van der Waals surface area contributed by atoms with Crippen LogP contribution < -0.4 is 0 Å². The zero-order chi connectivity index (χ0) is 14.4. The summed E-state index contributed by atoms with van der Waals surface area (Å²) in [4.78, 5) is 10.3. The number of aliphatic hydroxyl groups is 5. The van der Waals surface area contributed by atoms with Crippen molar-refractivity contribution >= 4 is 12.4 Å². The molecule has 4 atom stereocenters. The Kier molecular flexibility index (Phi) is 5.65. The van der Waals surface area contributed by atoms with Gasteiger partial charge in [-0.25, -0.2) is 0 Å². The molecule has 0 amide bonds. The quantitative estimate of drug-likeness (QED) is 0.341. The molecule has 1 aromatic carbocycles. The second-order valence-electron chi connectivity index (χ2n) is 4.03. The van der Waals surface area contributed by atoms with E-state index >= 15 is 0 Å². The van der Waals surface area contributed by atoms with Crippen LogP contribution in [0.5, 0.6) is 0 Å². The highest BCUT2D eigenvalue weighted by atomic mass is 16.4. The maximum Gasteiger partial charge on any atom is 0.151 e. The first-order valence-electron chi connectivity index (χ1n) is 5.60. The fourth-order valence-electron chi connectivity index (χ4n) is 1.45. The van der Waals surface area contributed by atoms with Gasteiger partial charge in [-0.3, -0.25) is 0 Å². The average molecular weight is 268 g/mol. The Bertz CT molecular complexity index is 430. The van der Waals surface area contributed by atoms with Crippen molar-refractivity contribution in [2.45, 2.75) is 24.4 Å². The molecule has 0 spiro atoms. The molecular formula is C13H16O6. The number of aliphatic hydroxyl groups excluding tert-OH is 5. The predicted octanol–water partition coefficient (Wildman–Crippen LogP) is -0.772. The minimum Gasteiger partial charge on any atom is -0.509 e. The first kappa shape index (κ1) is 15.3. The highest BCUT2D eigenvalue weighted by Gasteiger charge is 2.32. The maximum absolute atomic E-state index is 10.3. The summed E-state index contributed by atoms with van der Waals surface area (Å²) in [6, 6.07) is 8.52. The second kappa shape index (κ2) is 7.01. The summed E-state index contributed by atoms with van der Waals surface area (Å²) in [5.41, 5.74) is 0.580. The van der Waals surface area contributed by atoms with Gasteiger partial charge in [0.05, 0.1) is 0 Å². The lowest BCUT2D eigenvalue weighted by Gasteiger charge is -2.23. The van der Waals surface area contributed by atoms with E-state index < -0.39 is 30.2 Å². The molecule has 0 radical (unpaired) electrons. The Morgan fingerprint density at radius 3 is 2.11 bits per heavy atom. The molecule has 1 aromatic rings. The van der Waals surface area contributed by atoms with E-state index in [0.29, 0.717) is 5.56 Å². The highest BCUT2D eigenvalue weighted by molar-refractivity contribution is 5.57. The minimum absolute atomic E-state index is 0.0264. The van der Waals surface area contributed by atoms with Crippen LogP contribution in [0.15, 0.2) is 36.1 Å². The lowest BCUT2D eigenvalue weighted by atomic mass is 10.0. The van der Waals surface area contributed by atoms with Crippen molar-refractivity contribution in [2.24, 2.45) is 0 Å². The van der Waals surface area contributed by atoms with Crippen LogP contribution in [0.1, 0.15) is 5.56 Å². The van der Waals surface area contributed by atoms with Gasteiger partial charge in [0.1, 0.15) is 30.2 Å². The predicted molar refractivity (Wildman–Crippen MR) is 67.1 cm³/mol. The molecule has 0 unspecified atom stereocenters. The molecule has 0 heterocycles. The van der Waals surface area contributed by atoms with Gasteiger partial charge in [0.25, 0.3) is 0 Å². The minimum atomic E-state index is -1.89. The van der Waals surface area contributed by atoms with Gasteiger partial charge in [0.15, 0.2) is 6.29 Å². The number of aldehydes is 1. The Morgan fingerprint density at radius 1 is 1.00 bits per heavy atom. The number of rotatable bonds is 6. The van der Waals surface area contributed by atoms with E-state index in [1.165, 1.54) is 6.08 Å². The summed E-state index contributed by atoms with van der Waals surface area (Å²) >= 11 is 0. The number of carbonyl (C=O) groups is 1. The average Bonchev–Trinajstić information content (AvgIpc) is 2.44. The molecule has 0 bridgehead atoms. The van der Waals surface area contributed by atoms with Crippen molar-refractivity contribution in [3.05, 3.63) is 41.7 Å². The molecule has 0 saturated carbocycles. The third-order valence-electron chi connectivity index (χ3n) is 2.58. The van der Waals surface area contributed by atoms with Crippen LogP contribution >= 0.6 is 0 Å². The zero-order valence-corrected chi connectivity index (χ0v) is 10.00. The topological polar surface area (TPSA) is 118 Å². The van der Waals surface area contributed by atoms with E-state index in [1.54, 1.807) is 30.3 Å². The molecule has 0 aromatic heterocycles. The number of carbonyl (C=O) groups excluding carboxylic acids is 1. The van der Waals surface area contributed by atoms with E-state index in [9.17, 15) is 25.2 Å². The molecule has 0 saturated heterocycles. The van der Waals surface area contributed by atoms with Crippen molar-refractivity contribution < 1.29 is 30.3 Å². The van der Waals surface area contributed by atoms with E-state index in [2.05, 4.69) is 0 Å². The van der Waals surface area contributed by atoms with Crippen LogP contribution in [-0.4, -0.2) is 56.2 Å². The van der Waals surface area contributed by atoms with Crippen molar-refractivity contribution in [1.82, 2.24) is 0 Å². The largest absolute Gasteiger partial charge is 0.509 e. The second-order valence-corrected chi connectivity index (χ2v) is 4.03. The maximum atomic E-state index is 10.3. The fourth-order valence-corrected chi connectivity index (χ4v) is 1.45. The number of benzene rings is 1. The third kappa shape index (κ3) is 4.15. The zero-order valence-electron chi connectivity index (χ0n) is 10.00. The van der Waals surface area contributed by atoms with E-state index in [1.807, 2.05) is 0 Å². The van der Waals surface area contributed by atoms with Crippen LogP contribution in [0.25, 0.3) is 6.08 Å². The Balaban J connectivity index is 2.79. The molecule has 6 nitrogen and oxygen atoms in total. The van der Waals surface area contributed by atoms with Gasteiger partial charge < -0.3 is 30.3 Å². The van der Waals surface area contributed by atoms with E-state index in [-0.39, 0.29) is 6.29 Å². The first-order chi connectivity index (χ1) is 8.97. The van der Waals surface area contributed by atoms with Gasteiger partial charge in [-0.15, -0.1) is 0 Å². The van der Waals surface area contributed by atoms with Gasteiger partial charge in [-0.2, -0.15) is 0 Å². The lowest BCUT2D eigenvalue weighted by molar-refractivity contribution is -0.132.